The Kier molecular flexibility index (Phi) is 3.51. The minimum absolute atomic E-state index is 0.0819. The predicted molar refractivity (Wildman–Crippen MR) is 67.8 cm³/mol. The first-order valence-corrected chi connectivity index (χ1v) is 5.96. The number of nitrogens with one attached hydrogen (secondary N) is 1. The molecule has 17 heavy (non-hydrogen) atoms. The standard InChI is InChI=1S/C12H12N2O2S/c1-8(16)13-12-14-11(10(7-15)17-12)9-5-3-2-4-6-9/h2-6,15H,7H2,1H3,(H,13,14,16). The number of carbonyl (C=O) groups excluding carboxylic acids is 1. The Labute approximate surface area is 103 Å². The fraction of sp³-hybridized carbons (Fsp3) is 0.167. The maximum atomic E-state index is 11.0. The van der Waals surface area contributed by atoms with Crippen molar-refractivity contribution in [2.24, 2.45) is 0 Å². The SMILES string of the molecule is CC(=O)Nc1nc(-c2ccccc2)c(CO)s1. The number of amides is 1. The average Bonchev–Trinajstić information content (AvgIpc) is 2.72. The van der Waals surface area contributed by atoms with E-state index >= 15 is 0 Å². The molecule has 0 saturated heterocycles. The molecule has 1 aromatic heterocycles. The monoisotopic (exact) mass is 248 g/mol. The second kappa shape index (κ2) is 5.07. The van der Waals surface area contributed by atoms with Crippen LogP contribution < -0.4 is 5.32 Å². The van der Waals surface area contributed by atoms with Crippen LogP contribution >= 0.6 is 11.3 Å². The summed E-state index contributed by atoms with van der Waals surface area (Å²) in [6.45, 7) is 1.35. The summed E-state index contributed by atoms with van der Waals surface area (Å²) in [6, 6.07) is 9.59. The molecule has 88 valence electrons. The number of hydrogen-bond donors (Lipinski definition) is 2. The molecule has 0 radical (unpaired) electrons. The molecule has 0 aliphatic heterocycles. The van der Waals surface area contributed by atoms with E-state index in [0.717, 1.165) is 16.1 Å². The fourth-order valence-electron chi connectivity index (χ4n) is 1.48. The quantitative estimate of drug-likeness (QED) is 0.875. The lowest BCUT2D eigenvalue weighted by Gasteiger charge is -1.98. The van der Waals surface area contributed by atoms with Crippen LogP contribution in [0, 0.1) is 0 Å². The predicted octanol–water partition coefficient (Wildman–Crippen LogP) is 2.26. The number of aliphatic hydroxyl groups is 1. The highest BCUT2D eigenvalue weighted by molar-refractivity contribution is 7.16. The van der Waals surface area contributed by atoms with Crippen LogP contribution in [0.25, 0.3) is 11.3 Å². The summed E-state index contributed by atoms with van der Waals surface area (Å²) in [5, 5.41) is 12.4. The van der Waals surface area contributed by atoms with E-state index in [1.54, 1.807) is 0 Å². The van der Waals surface area contributed by atoms with Gasteiger partial charge in [0.1, 0.15) is 0 Å². The highest BCUT2D eigenvalue weighted by Gasteiger charge is 2.12. The van der Waals surface area contributed by atoms with Crippen molar-refractivity contribution in [1.29, 1.82) is 0 Å². The molecule has 2 rings (SSSR count). The number of carbonyl (C=O) groups is 1. The molecular formula is C12H12N2O2S. The number of nitrogens with zero attached hydrogens (tertiary/aromatic N) is 1. The van der Waals surface area contributed by atoms with Crippen molar-refractivity contribution in [2.45, 2.75) is 13.5 Å². The largest absolute Gasteiger partial charge is 0.391 e. The van der Waals surface area contributed by atoms with Crippen LogP contribution in [0.15, 0.2) is 30.3 Å². The van der Waals surface area contributed by atoms with Crippen molar-refractivity contribution in [2.75, 3.05) is 5.32 Å². The highest BCUT2D eigenvalue weighted by atomic mass is 32.1. The maximum absolute atomic E-state index is 11.0. The van der Waals surface area contributed by atoms with Crippen LogP contribution in [0.5, 0.6) is 0 Å². The Morgan fingerprint density at radius 1 is 1.41 bits per heavy atom. The van der Waals surface area contributed by atoms with Crippen molar-refractivity contribution < 1.29 is 9.90 Å². The molecule has 1 aromatic carbocycles. The Morgan fingerprint density at radius 3 is 2.71 bits per heavy atom. The van der Waals surface area contributed by atoms with Crippen molar-refractivity contribution in [3.63, 3.8) is 0 Å². The lowest BCUT2D eigenvalue weighted by Crippen LogP contribution is -2.04. The molecular weight excluding hydrogens is 236 g/mol. The Balaban J connectivity index is 2.39. The number of aliphatic hydroxyl groups excluding tert-OH is 1. The van der Waals surface area contributed by atoms with Crippen molar-refractivity contribution in [3.05, 3.63) is 35.2 Å². The molecule has 4 nitrogen and oxygen atoms in total. The molecule has 0 aliphatic rings. The van der Waals surface area contributed by atoms with Crippen LogP contribution in [0.2, 0.25) is 0 Å². The van der Waals surface area contributed by atoms with Crippen molar-refractivity contribution in [1.82, 2.24) is 4.98 Å². The van der Waals surface area contributed by atoms with Crippen LogP contribution in [0.4, 0.5) is 5.13 Å². The lowest BCUT2D eigenvalue weighted by molar-refractivity contribution is -0.114. The van der Waals surface area contributed by atoms with Gasteiger partial charge in [0, 0.05) is 12.5 Å². The zero-order valence-corrected chi connectivity index (χ0v) is 10.1. The number of benzene rings is 1. The fourth-order valence-corrected chi connectivity index (χ4v) is 2.37. The van der Waals surface area contributed by atoms with Gasteiger partial charge in [0.25, 0.3) is 0 Å². The van der Waals surface area contributed by atoms with Gasteiger partial charge < -0.3 is 10.4 Å². The zero-order chi connectivity index (χ0) is 12.3. The summed E-state index contributed by atoms with van der Waals surface area (Å²) in [5.41, 5.74) is 1.66. The van der Waals surface area contributed by atoms with Gasteiger partial charge in [-0.15, -0.1) is 0 Å². The second-order valence-electron chi connectivity index (χ2n) is 3.50. The van der Waals surface area contributed by atoms with Crippen LogP contribution in [0.1, 0.15) is 11.8 Å². The Hall–Kier alpha value is -1.72. The molecule has 0 saturated carbocycles. The van der Waals surface area contributed by atoms with Gasteiger partial charge in [-0.25, -0.2) is 4.98 Å². The maximum Gasteiger partial charge on any atom is 0.223 e. The van der Waals surface area contributed by atoms with Gasteiger partial charge in [-0.3, -0.25) is 4.79 Å². The second-order valence-corrected chi connectivity index (χ2v) is 4.58. The van der Waals surface area contributed by atoms with E-state index in [-0.39, 0.29) is 12.5 Å². The third kappa shape index (κ3) is 2.69. The third-order valence-electron chi connectivity index (χ3n) is 2.17. The van der Waals surface area contributed by atoms with Gasteiger partial charge in [0.2, 0.25) is 5.91 Å². The van der Waals surface area contributed by atoms with Crippen LogP contribution in [-0.2, 0) is 11.4 Å². The molecule has 0 bridgehead atoms. The van der Waals surface area contributed by atoms with Crippen LogP contribution in [0.3, 0.4) is 0 Å². The molecule has 0 unspecified atom stereocenters. The highest BCUT2D eigenvalue weighted by Crippen LogP contribution is 2.30. The van der Waals surface area contributed by atoms with Gasteiger partial charge in [-0.1, -0.05) is 41.7 Å². The average molecular weight is 248 g/mol. The molecule has 2 N–H and O–H groups in total. The minimum atomic E-state index is -0.164. The van der Waals surface area contributed by atoms with E-state index in [0.29, 0.717) is 5.13 Å². The molecule has 2 aromatic rings. The summed E-state index contributed by atoms with van der Waals surface area (Å²) in [4.78, 5) is 16.0. The van der Waals surface area contributed by atoms with Gasteiger partial charge in [-0.05, 0) is 0 Å². The Bertz CT molecular complexity index is 523. The topological polar surface area (TPSA) is 62.2 Å². The van der Waals surface area contributed by atoms with Gasteiger partial charge in [-0.2, -0.15) is 0 Å². The van der Waals surface area contributed by atoms with Crippen molar-refractivity contribution in [3.8, 4) is 11.3 Å². The number of aromatic nitrogens is 1. The first-order chi connectivity index (χ1) is 8.20. The third-order valence-corrected chi connectivity index (χ3v) is 3.13. The van der Waals surface area contributed by atoms with E-state index < -0.39 is 0 Å². The van der Waals surface area contributed by atoms with Crippen LogP contribution in [-0.4, -0.2) is 16.0 Å². The summed E-state index contributed by atoms with van der Waals surface area (Å²) < 4.78 is 0. The van der Waals surface area contributed by atoms with Gasteiger partial charge in [0.15, 0.2) is 5.13 Å². The minimum Gasteiger partial charge on any atom is -0.391 e. The molecule has 0 atom stereocenters. The summed E-state index contributed by atoms with van der Waals surface area (Å²) >= 11 is 1.29. The molecule has 0 fully saturated rings. The molecule has 1 heterocycles. The summed E-state index contributed by atoms with van der Waals surface area (Å²) in [6.07, 6.45) is 0. The number of rotatable bonds is 3. The summed E-state index contributed by atoms with van der Waals surface area (Å²) in [7, 11) is 0. The number of anilines is 1. The van der Waals surface area contributed by atoms with E-state index in [2.05, 4.69) is 10.3 Å². The van der Waals surface area contributed by atoms with E-state index in [1.165, 1.54) is 18.3 Å². The number of thiazole rings is 1. The van der Waals surface area contributed by atoms with Gasteiger partial charge in [0.05, 0.1) is 17.2 Å². The first kappa shape index (κ1) is 11.8. The smallest absolute Gasteiger partial charge is 0.223 e. The first-order valence-electron chi connectivity index (χ1n) is 5.14. The zero-order valence-electron chi connectivity index (χ0n) is 9.30. The van der Waals surface area contributed by atoms with Crippen molar-refractivity contribution >= 4 is 22.4 Å². The molecule has 0 spiro atoms. The Morgan fingerprint density at radius 2 is 2.12 bits per heavy atom. The van der Waals surface area contributed by atoms with E-state index in [9.17, 15) is 9.90 Å². The van der Waals surface area contributed by atoms with E-state index in [1.807, 2.05) is 30.3 Å². The van der Waals surface area contributed by atoms with E-state index in [4.69, 9.17) is 0 Å². The lowest BCUT2D eigenvalue weighted by atomic mass is 10.1. The normalized spacial score (nSPS) is 10.2. The van der Waals surface area contributed by atoms with Gasteiger partial charge >= 0.3 is 0 Å². The molecule has 0 aliphatic carbocycles. The molecule has 5 heteroatoms. The molecule has 1 amide bonds. The number of hydrogen-bond acceptors (Lipinski definition) is 4. The summed E-state index contributed by atoms with van der Waals surface area (Å²) in [5.74, 6) is -0.164.